The molecule has 0 aliphatic heterocycles. The van der Waals surface area contributed by atoms with Gasteiger partial charge >= 0.3 is 5.69 Å². The van der Waals surface area contributed by atoms with Crippen molar-refractivity contribution in [3.05, 3.63) is 70.4 Å². The van der Waals surface area contributed by atoms with Crippen LogP contribution in [-0.2, 0) is 0 Å². The van der Waals surface area contributed by atoms with Gasteiger partial charge in [0.1, 0.15) is 11.9 Å². The number of nitro groups is 1. The largest absolute Gasteiger partial charge is 0.495 e. The van der Waals surface area contributed by atoms with Gasteiger partial charge in [-0.1, -0.05) is 26.0 Å². The van der Waals surface area contributed by atoms with Crippen LogP contribution in [0.2, 0.25) is 0 Å². The fourth-order valence-electron chi connectivity index (χ4n) is 3.34. The van der Waals surface area contributed by atoms with E-state index in [9.17, 15) is 14.9 Å². The molecule has 11 nitrogen and oxygen atoms in total. The second kappa shape index (κ2) is 12.3. The molecule has 3 aromatic rings. The number of benzene rings is 2. The van der Waals surface area contributed by atoms with Crippen molar-refractivity contribution in [2.45, 2.75) is 13.8 Å². The number of carbonyl (C=O) groups excluding carboxylic acids is 1. The lowest BCUT2D eigenvalue weighted by atomic mass is 10.2. The van der Waals surface area contributed by atoms with Gasteiger partial charge in [-0.25, -0.2) is 4.98 Å². The molecule has 0 radical (unpaired) electrons. The van der Waals surface area contributed by atoms with Crippen LogP contribution < -0.4 is 20.7 Å². The summed E-state index contributed by atoms with van der Waals surface area (Å²) in [6.45, 7) is 7.41. The van der Waals surface area contributed by atoms with Crippen molar-refractivity contribution in [3.63, 3.8) is 0 Å². The van der Waals surface area contributed by atoms with Crippen LogP contribution in [0.5, 0.6) is 5.75 Å². The average molecular weight is 480 g/mol. The Bertz CT molecular complexity index is 1150. The molecule has 3 N–H and O–H groups in total. The topological polar surface area (TPSA) is 135 Å². The third-order valence-corrected chi connectivity index (χ3v) is 5.34. The third-order valence-electron chi connectivity index (χ3n) is 5.34. The van der Waals surface area contributed by atoms with Crippen LogP contribution in [0.4, 0.5) is 28.8 Å². The molecule has 0 fully saturated rings. The predicted molar refractivity (Wildman–Crippen MR) is 135 cm³/mol. The van der Waals surface area contributed by atoms with Crippen molar-refractivity contribution < 1.29 is 14.5 Å². The van der Waals surface area contributed by atoms with Crippen LogP contribution in [0.1, 0.15) is 24.2 Å². The summed E-state index contributed by atoms with van der Waals surface area (Å²) < 4.78 is 5.30. The Balaban J connectivity index is 1.70. The van der Waals surface area contributed by atoms with Crippen LogP contribution in [0, 0.1) is 10.1 Å². The van der Waals surface area contributed by atoms with E-state index in [0.29, 0.717) is 29.2 Å². The summed E-state index contributed by atoms with van der Waals surface area (Å²) in [6, 6.07) is 13.8. The first-order valence-corrected chi connectivity index (χ1v) is 11.2. The van der Waals surface area contributed by atoms with E-state index in [0.717, 1.165) is 25.8 Å². The Morgan fingerprint density at radius 2 is 1.80 bits per heavy atom. The highest BCUT2D eigenvalue weighted by atomic mass is 16.6. The zero-order chi connectivity index (χ0) is 25.2. The normalized spacial score (nSPS) is 10.6. The van der Waals surface area contributed by atoms with E-state index < -0.39 is 4.92 Å². The van der Waals surface area contributed by atoms with Crippen LogP contribution in [0.25, 0.3) is 0 Å². The van der Waals surface area contributed by atoms with Gasteiger partial charge in [-0.05, 0) is 49.5 Å². The Morgan fingerprint density at radius 3 is 2.46 bits per heavy atom. The first-order chi connectivity index (χ1) is 16.9. The highest BCUT2D eigenvalue weighted by molar-refractivity contribution is 5.94. The van der Waals surface area contributed by atoms with Crippen molar-refractivity contribution >= 4 is 34.7 Å². The Labute approximate surface area is 203 Å². The van der Waals surface area contributed by atoms with E-state index in [-0.39, 0.29) is 23.4 Å². The van der Waals surface area contributed by atoms with E-state index in [1.165, 1.54) is 7.11 Å². The summed E-state index contributed by atoms with van der Waals surface area (Å²) in [5, 5.41) is 20.3. The van der Waals surface area contributed by atoms with Gasteiger partial charge in [-0.15, -0.1) is 0 Å². The minimum atomic E-state index is -0.560. The number of hydrogen-bond donors (Lipinski definition) is 3. The highest BCUT2D eigenvalue weighted by Gasteiger charge is 2.19. The van der Waals surface area contributed by atoms with Crippen molar-refractivity contribution in [1.82, 2.24) is 20.2 Å². The van der Waals surface area contributed by atoms with Crippen molar-refractivity contribution in [3.8, 4) is 5.75 Å². The zero-order valence-corrected chi connectivity index (χ0v) is 19.9. The van der Waals surface area contributed by atoms with Gasteiger partial charge < -0.3 is 25.6 Å². The molecule has 0 saturated carbocycles. The first kappa shape index (κ1) is 25.4. The summed E-state index contributed by atoms with van der Waals surface area (Å²) in [4.78, 5) is 33.9. The number of aromatic nitrogens is 2. The molecule has 11 heteroatoms. The van der Waals surface area contributed by atoms with Crippen LogP contribution in [-0.4, -0.2) is 59.0 Å². The molecule has 35 heavy (non-hydrogen) atoms. The minimum Gasteiger partial charge on any atom is -0.495 e. The van der Waals surface area contributed by atoms with E-state index in [1.807, 2.05) is 0 Å². The SMILES string of the molecule is CCN(CC)CCNC(=O)c1ccc(Nc2ncc([N+](=O)[O-])c(Nc3ccccc3OC)n2)cc1. The molecule has 0 saturated heterocycles. The van der Waals surface area contributed by atoms with E-state index in [2.05, 4.69) is 44.7 Å². The molecule has 1 aromatic heterocycles. The molecule has 0 unspecified atom stereocenters. The molecule has 0 aliphatic carbocycles. The number of amides is 1. The molecular formula is C24H29N7O4. The van der Waals surface area contributed by atoms with Gasteiger partial charge in [0.25, 0.3) is 5.91 Å². The van der Waals surface area contributed by atoms with Gasteiger partial charge in [0, 0.05) is 24.3 Å². The molecule has 0 atom stereocenters. The molecular weight excluding hydrogens is 450 g/mol. The molecule has 1 heterocycles. The van der Waals surface area contributed by atoms with Gasteiger partial charge in [-0.3, -0.25) is 14.9 Å². The zero-order valence-electron chi connectivity index (χ0n) is 19.9. The summed E-state index contributed by atoms with van der Waals surface area (Å²) in [7, 11) is 1.51. The second-order valence-electron chi connectivity index (χ2n) is 7.49. The van der Waals surface area contributed by atoms with Gasteiger partial charge in [0.05, 0.1) is 17.7 Å². The smallest absolute Gasteiger partial charge is 0.329 e. The summed E-state index contributed by atoms with van der Waals surface area (Å²) in [5.74, 6) is 0.532. The maximum Gasteiger partial charge on any atom is 0.329 e. The molecule has 0 spiro atoms. The maximum atomic E-state index is 12.4. The van der Waals surface area contributed by atoms with E-state index >= 15 is 0 Å². The quantitative estimate of drug-likeness (QED) is 0.261. The standard InChI is InChI=1S/C24H29N7O4/c1-4-30(5-2)15-14-25-23(32)17-10-12-18(13-11-17)27-24-26-16-20(31(33)34)22(29-24)28-19-8-6-7-9-21(19)35-3/h6-13,16H,4-5,14-15H2,1-3H3,(H,25,32)(H2,26,27,28,29). The monoisotopic (exact) mass is 479 g/mol. The highest BCUT2D eigenvalue weighted by Crippen LogP contribution is 2.31. The Hall–Kier alpha value is -4.25. The molecule has 3 rings (SSSR count). The van der Waals surface area contributed by atoms with Gasteiger partial charge in [-0.2, -0.15) is 4.98 Å². The molecule has 0 bridgehead atoms. The lowest BCUT2D eigenvalue weighted by Crippen LogP contribution is -2.34. The van der Waals surface area contributed by atoms with Crippen molar-refractivity contribution in [2.24, 2.45) is 0 Å². The van der Waals surface area contributed by atoms with Crippen molar-refractivity contribution in [1.29, 1.82) is 0 Å². The number of carbonyl (C=O) groups is 1. The fourth-order valence-corrected chi connectivity index (χ4v) is 3.34. The lowest BCUT2D eigenvalue weighted by molar-refractivity contribution is -0.384. The summed E-state index contributed by atoms with van der Waals surface area (Å²) >= 11 is 0. The number of nitrogens with one attached hydrogen (secondary N) is 3. The number of rotatable bonds is 12. The van der Waals surface area contributed by atoms with Gasteiger partial charge in [0.15, 0.2) is 0 Å². The summed E-state index contributed by atoms with van der Waals surface area (Å²) in [6.07, 6.45) is 1.13. The maximum absolute atomic E-state index is 12.4. The number of likely N-dealkylation sites (N-methyl/N-ethyl adjacent to an activating group) is 1. The minimum absolute atomic E-state index is 0.0150. The van der Waals surface area contributed by atoms with Crippen LogP contribution in [0.3, 0.4) is 0 Å². The molecule has 0 aliphatic rings. The van der Waals surface area contributed by atoms with E-state index in [4.69, 9.17) is 4.74 Å². The fraction of sp³-hybridized carbons (Fsp3) is 0.292. The average Bonchev–Trinajstić information content (AvgIpc) is 2.87. The lowest BCUT2D eigenvalue weighted by Gasteiger charge is -2.18. The molecule has 1 amide bonds. The number of para-hydroxylation sites is 2. The number of ether oxygens (including phenoxy) is 1. The predicted octanol–water partition coefficient (Wildman–Crippen LogP) is 3.95. The number of nitrogens with zero attached hydrogens (tertiary/aromatic N) is 4. The van der Waals surface area contributed by atoms with Crippen LogP contribution >= 0.6 is 0 Å². The molecule has 184 valence electrons. The van der Waals surface area contributed by atoms with Crippen molar-refractivity contribution in [2.75, 3.05) is 43.9 Å². The first-order valence-electron chi connectivity index (χ1n) is 11.2. The second-order valence-corrected chi connectivity index (χ2v) is 7.49. The molecule has 2 aromatic carbocycles. The number of methoxy groups -OCH3 is 1. The number of anilines is 4. The summed E-state index contributed by atoms with van der Waals surface area (Å²) in [5.41, 5.74) is 1.40. The van der Waals surface area contributed by atoms with Gasteiger partial charge in [0.2, 0.25) is 11.8 Å². The number of hydrogen-bond acceptors (Lipinski definition) is 9. The van der Waals surface area contributed by atoms with Crippen LogP contribution in [0.15, 0.2) is 54.7 Å². The Morgan fingerprint density at radius 1 is 1.09 bits per heavy atom. The van der Waals surface area contributed by atoms with E-state index in [1.54, 1.807) is 48.5 Å². The third kappa shape index (κ3) is 6.87. The Kier molecular flexibility index (Phi) is 8.90.